The topological polar surface area (TPSA) is 12.4 Å². The molecule has 3 aliphatic rings. The number of hydrogen-bond donors (Lipinski definition) is 0. The standard InChI is InChI=1S/C7H11N/c1-8-5-7-2-6(3-7)4-7/h5-6H,2-4H2,1H3. The van der Waals surface area contributed by atoms with E-state index in [4.69, 9.17) is 0 Å². The van der Waals surface area contributed by atoms with E-state index in [0.717, 1.165) is 5.92 Å². The van der Waals surface area contributed by atoms with Crippen LogP contribution in [0, 0.1) is 11.3 Å². The number of rotatable bonds is 1. The Bertz CT molecular complexity index is 120. The summed E-state index contributed by atoms with van der Waals surface area (Å²) in [5.41, 5.74) is 0.624. The van der Waals surface area contributed by atoms with Crippen LogP contribution in [0.1, 0.15) is 19.3 Å². The van der Waals surface area contributed by atoms with E-state index in [9.17, 15) is 0 Å². The zero-order chi connectivity index (χ0) is 5.61. The third-order valence-electron chi connectivity index (χ3n) is 2.49. The third kappa shape index (κ3) is 0.355. The Morgan fingerprint density at radius 1 is 1.50 bits per heavy atom. The van der Waals surface area contributed by atoms with Gasteiger partial charge in [0.15, 0.2) is 0 Å². The van der Waals surface area contributed by atoms with Gasteiger partial charge in [-0.25, -0.2) is 0 Å². The number of hydrogen-bond acceptors (Lipinski definition) is 1. The highest BCUT2D eigenvalue weighted by molar-refractivity contribution is 5.70. The van der Waals surface area contributed by atoms with Gasteiger partial charge in [0.1, 0.15) is 0 Å². The van der Waals surface area contributed by atoms with Crippen LogP contribution in [0.2, 0.25) is 0 Å². The first kappa shape index (κ1) is 4.54. The molecule has 8 heavy (non-hydrogen) atoms. The van der Waals surface area contributed by atoms with Crippen molar-refractivity contribution in [3.8, 4) is 0 Å². The second-order valence-electron chi connectivity index (χ2n) is 3.23. The van der Waals surface area contributed by atoms with E-state index in [1.165, 1.54) is 19.3 Å². The minimum absolute atomic E-state index is 0.624. The van der Waals surface area contributed by atoms with Gasteiger partial charge in [0.05, 0.1) is 0 Å². The van der Waals surface area contributed by atoms with Gasteiger partial charge in [0.2, 0.25) is 0 Å². The smallest absolute Gasteiger partial charge is 0.0273 e. The summed E-state index contributed by atoms with van der Waals surface area (Å²) in [6, 6.07) is 0. The summed E-state index contributed by atoms with van der Waals surface area (Å²) in [5.74, 6) is 1.09. The van der Waals surface area contributed by atoms with Crippen molar-refractivity contribution in [1.29, 1.82) is 0 Å². The molecule has 0 atom stereocenters. The van der Waals surface area contributed by atoms with Crippen molar-refractivity contribution in [1.82, 2.24) is 0 Å². The van der Waals surface area contributed by atoms with Crippen LogP contribution >= 0.6 is 0 Å². The van der Waals surface area contributed by atoms with Gasteiger partial charge < -0.3 is 4.99 Å². The van der Waals surface area contributed by atoms with E-state index in [0.29, 0.717) is 5.41 Å². The maximum absolute atomic E-state index is 4.04. The molecule has 0 aromatic rings. The molecule has 44 valence electrons. The van der Waals surface area contributed by atoms with Gasteiger partial charge in [0.25, 0.3) is 0 Å². The van der Waals surface area contributed by atoms with E-state index in [1.807, 2.05) is 7.05 Å². The van der Waals surface area contributed by atoms with Crippen molar-refractivity contribution in [2.75, 3.05) is 7.05 Å². The van der Waals surface area contributed by atoms with Gasteiger partial charge in [0, 0.05) is 18.7 Å². The van der Waals surface area contributed by atoms with Crippen molar-refractivity contribution in [2.24, 2.45) is 16.3 Å². The van der Waals surface area contributed by atoms with Crippen molar-refractivity contribution in [3.63, 3.8) is 0 Å². The lowest BCUT2D eigenvalue weighted by molar-refractivity contribution is -0.0358. The molecule has 3 aliphatic carbocycles. The van der Waals surface area contributed by atoms with Crippen molar-refractivity contribution in [2.45, 2.75) is 19.3 Å². The SMILES string of the molecule is CN=CC12CC(C1)C2. The summed E-state index contributed by atoms with van der Waals surface area (Å²) in [7, 11) is 1.88. The van der Waals surface area contributed by atoms with Crippen LogP contribution in [0.3, 0.4) is 0 Å². The highest BCUT2D eigenvalue weighted by atomic mass is 14.7. The van der Waals surface area contributed by atoms with E-state index in [1.54, 1.807) is 0 Å². The molecule has 0 radical (unpaired) electrons. The van der Waals surface area contributed by atoms with E-state index >= 15 is 0 Å². The zero-order valence-electron chi connectivity index (χ0n) is 5.22. The molecule has 0 heterocycles. The maximum atomic E-state index is 4.04. The summed E-state index contributed by atoms with van der Waals surface area (Å²) >= 11 is 0. The van der Waals surface area contributed by atoms with Gasteiger partial charge in [-0.3, -0.25) is 0 Å². The first-order valence-electron chi connectivity index (χ1n) is 3.28. The predicted molar refractivity (Wildman–Crippen MR) is 34.2 cm³/mol. The van der Waals surface area contributed by atoms with Crippen LogP contribution < -0.4 is 0 Å². The Morgan fingerprint density at radius 3 is 2.25 bits per heavy atom. The van der Waals surface area contributed by atoms with Gasteiger partial charge in [-0.2, -0.15) is 0 Å². The lowest BCUT2D eigenvalue weighted by Crippen LogP contribution is -2.52. The molecule has 0 aliphatic heterocycles. The summed E-state index contributed by atoms with van der Waals surface area (Å²) in [6.07, 6.45) is 6.45. The van der Waals surface area contributed by atoms with Gasteiger partial charge >= 0.3 is 0 Å². The van der Waals surface area contributed by atoms with Crippen LogP contribution in [0.25, 0.3) is 0 Å². The molecule has 3 saturated carbocycles. The average Bonchev–Trinajstić information content (AvgIpc) is 1.50. The van der Waals surface area contributed by atoms with Crippen LogP contribution in [-0.2, 0) is 0 Å². The predicted octanol–water partition coefficient (Wildman–Crippen LogP) is 1.49. The lowest BCUT2D eigenvalue weighted by Gasteiger charge is -2.59. The Labute approximate surface area is 49.8 Å². The number of nitrogens with zero attached hydrogens (tertiary/aromatic N) is 1. The lowest BCUT2D eigenvalue weighted by atomic mass is 9.45. The fourth-order valence-electron chi connectivity index (χ4n) is 1.98. The summed E-state index contributed by atoms with van der Waals surface area (Å²) in [5, 5.41) is 0. The van der Waals surface area contributed by atoms with Crippen LogP contribution in [0.5, 0.6) is 0 Å². The monoisotopic (exact) mass is 109 g/mol. The van der Waals surface area contributed by atoms with Crippen molar-refractivity contribution in [3.05, 3.63) is 0 Å². The summed E-state index contributed by atoms with van der Waals surface area (Å²) < 4.78 is 0. The molecule has 1 heteroatoms. The van der Waals surface area contributed by atoms with Gasteiger partial charge in [-0.15, -0.1) is 0 Å². The number of aliphatic imine (C=N–C) groups is 1. The molecule has 0 amide bonds. The van der Waals surface area contributed by atoms with Gasteiger partial charge in [-0.1, -0.05) is 0 Å². The zero-order valence-corrected chi connectivity index (χ0v) is 5.22. The van der Waals surface area contributed by atoms with Crippen molar-refractivity contribution >= 4 is 6.21 Å². The average molecular weight is 109 g/mol. The molecule has 0 N–H and O–H groups in total. The van der Waals surface area contributed by atoms with E-state index in [-0.39, 0.29) is 0 Å². The molecule has 3 fully saturated rings. The fourth-order valence-corrected chi connectivity index (χ4v) is 1.98. The Kier molecular flexibility index (Phi) is 0.651. The molecule has 0 unspecified atom stereocenters. The minimum Gasteiger partial charge on any atom is -0.300 e. The van der Waals surface area contributed by atoms with Crippen molar-refractivity contribution < 1.29 is 0 Å². The van der Waals surface area contributed by atoms with E-state index in [2.05, 4.69) is 11.2 Å². The molecule has 1 nitrogen and oxygen atoms in total. The van der Waals surface area contributed by atoms with Crippen LogP contribution in [0.15, 0.2) is 4.99 Å². The van der Waals surface area contributed by atoms with E-state index < -0.39 is 0 Å². The largest absolute Gasteiger partial charge is 0.300 e. The molecule has 0 saturated heterocycles. The minimum atomic E-state index is 0.624. The fraction of sp³-hybridized carbons (Fsp3) is 0.857. The highest BCUT2D eigenvalue weighted by Crippen LogP contribution is 2.63. The van der Waals surface area contributed by atoms with Crippen LogP contribution in [0.4, 0.5) is 0 Å². The second kappa shape index (κ2) is 1.15. The molecule has 2 bridgehead atoms. The maximum Gasteiger partial charge on any atom is 0.0273 e. The Morgan fingerprint density at radius 2 is 2.12 bits per heavy atom. The molecule has 3 rings (SSSR count). The molecule has 0 spiro atoms. The Hall–Kier alpha value is -0.330. The first-order valence-corrected chi connectivity index (χ1v) is 3.28. The normalized spacial score (nSPS) is 50.9. The van der Waals surface area contributed by atoms with Gasteiger partial charge in [-0.05, 0) is 25.2 Å². The third-order valence-corrected chi connectivity index (χ3v) is 2.49. The molecule has 0 aromatic heterocycles. The highest BCUT2D eigenvalue weighted by Gasteiger charge is 2.55. The molecular weight excluding hydrogens is 98.1 g/mol. The summed E-state index contributed by atoms with van der Waals surface area (Å²) in [4.78, 5) is 4.04. The second-order valence-corrected chi connectivity index (χ2v) is 3.23. The molecule has 0 aromatic carbocycles. The Balaban J connectivity index is 2.05. The first-order chi connectivity index (χ1) is 3.85. The summed E-state index contributed by atoms with van der Waals surface area (Å²) in [6.45, 7) is 0. The van der Waals surface area contributed by atoms with Crippen LogP contribution in [-0.4, -0.2) is 13.3 Å². The quantitative estimate of drug-likeness (QED) is 0.452. The molecular formula is C7H11N.